The molecule has 0 atom stereocenters. The van der Waals surface area contributed by atoms with E-state index in [2.05, 4.69) is 25.9 Å². The van der Waals surface area contributed by atoms with E-state index < -0.39 is 17.5 Å². The second-order valence-electron chi connectivity index (χ2n) is 7.32. The van der Waals surface area contributed by atoms with E-state index in [1.165, 1.54) is 11.8 Å². The van der Waals surface area contributed by atoms with Gasteiger partial charge in [-0.25, -0.2) is 4.79 Å². The predicted molar refractivity (Wildman–Crippen MR) is 109 cm³/mol. The Hall–Kier alpha value is -2.95. The van der Waals surface area contributed by atoms with Crippen molar-refractivity contribution in [3.63, 3.8) is 0 Å². The number of nitrogens with zero attached hydrogens (tertiary/aromatic N) is 5. The van der Waals surface area contributed by atoms with Crippen LogP contribution in [0.15, 0.2) is 29.7 Å². The summed E-state index contributed by atoms with van der Waals surface area (Å²) >= 11 is 1.20. The van der Waals surface area contributed by atoms with Crippen LogP contribution < -0.4 is 10.7 Å². The number of amides is 4. The minimum Gasteiger partial charge on any atom is -0.322 e. The molecule has 0 aromatic carbocycles. The van der Waals surface area contributed by atoms with Crippen LogP contribution in [0, 0.1) is 0 Å². The third-order valence-electron chi connectivity index (χ3n) is 5.41. The van der Waals surface area contributed by atoms with Crippen LogP contribution in [-0.4, -0.2) is 53.9 Å². The van der Waals surface area contributed by atoms with E-state index in [-0.39, 0.29) is 11.7 Å². The molecule has 3 heterocycles. The fourth-order valence-corrected chi connectivity index (χ4v) is 4.69. The molecule has 0 unspecified atom stereocenters. The van der Waals surface area contributed by atoms with Crippen LogP contribution in [0.2, 0.25) is 0 Å². The lowest BCUT2D eigenvalue weighted by Gasteiger charge is -2.30. The highest BCUT2D eigenvalue weighted by atomic mass is 32.2. The summed E-state index contributed by atoms with van der Waals surface area (Å²) in [6, 6.07) is 3.11. The smallest absolute Gasteiger partial charge is 0.322 e. The summed E-state index contributed by atoms with van der Waals surface area (Å²) in [6.07, 6.45) is 7.40. The largest absolute Gasteiger partial charge is 0.344 e. The molecular weight excluding hydrogens is 406 g/mol. The third kappa shape index (κ3) is 3.76. The molecule has 2 N–H and O–H groups in total. The van der Waals surface area contributed by atoms with E-state index in [0.29, 0.717) is 30.4 Å². The SMILES string of the molecule is CCn1c(SCC(=O)NN2C(=O)NC3(CCCCC3)C2=O)nnc1-c1ccncc1. The number of thioether (sulfide) groups is 1. The first kappa shape index (κ1) is 20.3. The molecule has 10 nitrogen and oxygen atoms in total. The van der Waals surface area contributed by atoms with Gasteiger partial charge >= 0.3 is 6.03 Å². The molecule has 0 radical (unpaired) electrons. The van der Waals surface area contributed by atoms with Crippen LogP contribution in [0.5, 0.6) is 0 Å². The second-order valence-corrected chi connectivity index (χ2v) is 8.27. The maximum atomic E-state index is 12.8. The number of imide groups is 1. The van der Waals surface area contributed by atoms with Crippen molar-refractivity contribution >= 4 is 29.6 Å². The van der Waals surface area contributed by atoms with Crippen molar-refractivity contribution in [3.05, 3.63) is 24.5 Å². The lowest BCUT2D eigenvalue weighted by atomic mass is 9.82. The van der Waals surface area contributed by atoms with Crippen molar-refractivity contribution in [3.8, 4) is 11.4 Å². The van der Waals surface area contributed by atoms with Gasteiger partial charge in [-0.15, -0.1) is 10.2 Å². The second kappa shape index (κ2) is 8.42. The van der Waals surface area contributed by atoms with Crippen LogP contribution in [0.1, 0.15) is 39.0 Å². The molecule has 30 heavy (non-hydrogen) atoms. The highest BCUT2D eigenvalue weighted by Gasteiger charge is 2.52. The quantitative estimate of drug-likeness (QED) is 0.530. The Morgan fingerprint density at radius 2 is 1.93 bits per heavy atom. The number of hydrogen-bond acceptors (Lipinski definition) is 7. The van der Waals surface area contributed by atoms with E-state index in [0.717, 1.165) is 29.8 Å². The molecule has 4 amide bonds. The van der Waals surface area contributed by atoms with Crippen LogP contribution >= 0.6 is 11.8 Å². The first-order valence-corrected chi connectivity index (χ1v) is 11.0. The van der Waals surface area contributed by atoms with Crippen LogP contribution in [0.25, 0.3) is 11.4 Å². The molecular formula is C19H23N7O3S. The third-order valence-corrected chi connectivity index (χ3v) is 6.38. The number of hydrazine groups is 1. The van der Waals surface area contributed by atoms with E-state index >= 15 is 0 Å². The minimum absolute atomic E-state index is 0.00145. The average Bonchev–Trinajstić information content (AvgIpc) is 3.28. The van der Waals surface area contributed by atoms with Crippen molar-refractivity contribution in [2.45, 2.75) is 56.3 Å². The highest BCUT2D eigenvalue weighted by Crippen LogP contribution is 2.33. The Labute approximate surface area is 177 Å². The molecule has 2 aromatic rings. The number of pyridine rings is 1. The van der Waals surface area contributed by atoms with Crippen LogP contribution in [-0.2, 0) is 16.1 Å². The molecule has 11 heteroatoms. The van der Waals surface area contributed by atoms with Gasteiger partial charge in [0.1, 0.15) is 5.54 Å². The lowest BCUT2D eigenvalue weighted by Crippen LogP contribution is -2.51. The normalized spacial score (nSPS) is 18.0. The fourth-order valence-electron chi connectivity index (χ4n) is 3.90. The van der Waals surface area contributed by atoms with Gasteiger partial charge in [-0.3, -0.25) is 20.0 Å². The number of carbonyl (C=O) groups excluding carboxylic acids is 3. The summed E-state index contributed by atoms with van der Waals surface area (Å²) < 4.78 is 1.90. The Bertz CT molecular complexity index is 956. The summed E-state index contributed by atoms with van der Waals surface area (Å²) in [5, 5.41) is 12.6. The number of urea groups is 1. The van der Waals surface area contributed by atoms with Gasteiger partial charge in [-0.05, 0) is 31.9 Å². The Balaban J connectivity index is 1.39. The number of nitrogens with one attached hydrogen (secondary N) is 2. The predicted octanol–water partition coefficient (Wildman–Crippen LogP) is 1.74. The molecule has 1 saturated carbocycles. The van der Waals surface area contributed by atoms with Crippen LogP contribution in [0.3, 0.4) is 0 Å². The van der Waals surface area contributed by atoms with E-state index in [1.54, 1.807) is 12.4 Å². The van der Waals surface area contributed by atoms with Gasteiger partial charge in [0.05, 0.1) is 5.75 Å². The summed E-state index contributed by atoms with van der Waals surface area (Å²) in [7, 11) is 0. The summed E-state index contributed by atoms with van der Waals surface area (Å²) in [4.78, 5) is 41.5. The summed E-state index contributed by atoms with van der Waals surface area (Å²) in [6.45, 7) is 2.60. The zero-order valence-electron chi connectivity index (χ0n) is 16.6. The number of aromatic nitrogens is 4. The van der Waals surface area contributed by atoms with Crippen molar-refractivity contribution in [1.82, 2.24) is 35.5 Å². The van der Waals surface area contributed by atoms with Crippen molar-refractivity contribution in [2.75, 3.05) is 5.75 Å². The Kier molecular flexibility index (Phi) is 5.71. The zero-order valence-corrected chi connectivity index (χ0v) is 17.4. The molecule has 4 rings (SSSR count). The number of carbonyl (C=O) groups is 3. The van der Waals surface area contributed by atoms with Crippen molar-refractivity contribution < 1.29 is 14.4 Å². The molecule has 0 bridgehead atoms. The van der Waals surface area contributed by atoms with Crippen LogP contribution in [0.4, 0.5) is 4.79 Å². The van der Waals surface area contributed by atoms with E-state index in [9.17, 15) is 14.4 Å². The first-order valence-electron chi connectivity index (χ1n) is 9.96. The fraction of sp³-hybridized carbons (Fsp3) is 0.474. The monoisotopic (exact) mass is 429 g/mol. The first-order chi connectivity index (χ1) is 14.5. The van der Waals surface area contributed by atoms with Gasteiger partial charge in [0.15, 0.2) is 11.0 Å². The topological polar surface area (TPSA) is 122 Å². The zero-order chi connectivity index (χ0) is 21.1. The average molecular weight is 430 g/mol. The maximum Gasteiger partial charge on any atom is 0.344 e. The van der Waals surface area contributed by atoms with Crippen molar-refractivity contribution in [1.29, 1.82) is 0 Å². The summed E-state index contributed by atoms with van der Waals surface area (Å²) in [5.74, 6) is -0.135. The highest BCUT2D eigenvalue weighted by molar-refractivity contribution is 7.99. The number of rotatable bonds is 6. The maximum absolute atomic E-state index is 12.8. The van der Waals surface area contributed by atoms with Gasteiger partial charge < -0.3 is 9.88 Å². The molecule has 2 aliphatic rings. The minimum atomic E-state index is -0.864. The van der Waals surface area contributed by atoms with E-state index in [1.807, 2.05) is 23.6 Å². The Morgan fingerprint density at radius 1 is 1.20 bits per heavy atom. The number of hydrogen-bond donors (Lipinski definition) is 2. The molecule has 2 fully saturated rings. The van der Waals surface area contributed by atoms with Gasteiger partial charge in [0.2, 0.25) is 5.91 Å². The summed E-state index contributed by atoms with van der Waals surface area (Å²) in [5.41, 5.74) is 2.46. The van der Waals surface area contributed by atoms with Gasteiger partial charge in [0.25, 0.3) is 5.91 Å². The van der Waals surface area contributed by atoms with Gasteiger partial charge in [-0.1, -0.05) is 31.0 Å². The molecule has 2 aromatic heterocycles. The molecule has 1 spiro atoms. The Morgan fingerprint density at radius 3 is 2.63 bits per heavy atom. The van der Waals surface area contributed by atoms with Crippen molar-refractivity contribution in [2.24, 2.45) is 0 Å². The standard InChI is InChI=1S/C19H23N7O3S/c1-2-25-15(13-6-10-20-11-7-13)22-23-18(25)30-12-14(27)24-26-16(28)19(21-17(26)29)8-4-3-5-9-19/h6-7,10-11H,2-5,8-9,12H2,1H3,(H,21,29)(H,24,27). The van der Waals surface area contributed by atoms with E-state index in [4.69, 9.17) is 0 Å². The molecule has 1 saturated heterocycles. The molecule has 1 aliphatic heterocycles. The van der Waals surface area contributed by atoms with Gasteiger partial charge in [0, 0.05) is 24.5 Å². The molecule has 158 valence electrons. The lowest BCUT2D eigenvalue weighted by molar-refractivity contribution is -0.139. The molecule has 1 aliphatic carbocycles. The van der Waals surface area contributed by atoms with Gasteiger partial charge in [-0.2, -0.15) is 5.01 Å².